The lowest BCUT2D eigenvalue weighted by molar-refractivity contribution is -0.133. The van der Waals surface area contributed by atoms with Gasteiger partial charge < -0.3 is 14.6 Å². The maximum absolute atomic E-state index is 12.1. The molecule has 102 valence electrons. The molecule has 1 N–H and O–H groups in total. The number of aryl methyl sites for hydroxylation is 1. The molecule has 0 atom stereocenters. The molecular weight excluding hydrogens is 228 g/mol. The second kappa shape index (κ2) is 7.21. The number of rotatable bonds is 7. The van der Waals surface area contributed by atoms with Crippen molar-refractivity contribution in [1.82, 2.24) is 10.2 Å². The molecule has 0 aliphatic carbocycles. The minimum Gasteiger partial charge on any atom is -0.464 e. The van der Waals surface area contributed by atoms with Crippen LogP contribution >= 0.6 is 0 Å². The van der Waals surface area contributed by atoms with Crippen molar-refractivity contribution in [2.75, 3.05) is 13.1 Å². The third-order valence-electron chi connectivity index (χ3n) is 2.83. The number of hydrogen-bond donors (Lipinski definition) is 1. The molecule has 1 rings (SSSR count). The summed E-state index contributed by atoms with van der Waals surface area (Å²) in [6.07, 6.45) is 0.533. The van der Waals surface area contributed by atoms with Gasteiger partial charge in [-0.05, 0) is 39.4 Å². The molecule has 0 spiro atoms. The Hall–Kier alpha value is -1.29. The molecule has 0 radical (unpaired) electrons. The Labute approximate surface area is 109 Å². The number of carbonyl (C=O) groups is 1. The molecule has 18 heavy (non-hydrogen) atoms. The highest BCUT2D eigenvalue weighted by Gasteiger charge is 2.18. The van der Waals surface area contributed by atoms with Gasteiger partial charge in [-0.25, -0.2) is 0 Å². The fraction of sp³-hybridized carbons (Fsp3) is 0.643. The molecule has 1 amide bonds. The van der Waals surface area contributed by atoms with Gasteiger partial charge in [0.05, 0.1) is 6.54 Å². The molecular formula is C14H24N2O2. The minimum absolute atomic E-state index is 0.167. The lowest BCUT2D eigenvalue weighted by Crippen LogP contribution is -2.37. The first-order valence-electron chi connectivity index (χ1n) is 6.60. The summed E-state index contributed by atoms with van der Waals surface area (Å²) in [5, 5.41) is 3.17. The number of nitrogens with zero attached hydrogens (tertiary/aromatic N) is 1. The molecule has 4 nitrogen and oxygen atoms in total. The van der Waals surface area contributed by atoms with Crippen molar-refractivity contribution in [2.45, 2.75) is 46.7 Å². The van der Waals surface area contributed by atoms with E-state index in [9.17, 15) is 4.79 Å². The molecule has 0 bridgehead atoms. The van der Waals surface area contributed by atoms with Crippen LogP contribution in [0, 0.1) is 6.92 Å². The summed E-state index contributed by atoms with van der Waals surface area (Å²) >= 11 is 0. The van der Waals surface area contributed by atoms with E-state index in [4.69, 9.17) is 4.42 Å². The van der Waals surface area contributed by atoms with Crippen LogP contribution in [0.25, 0.3) is 0 Å². The van der Waals surface area contributed by atoms with E-state index < -0.39 is 0 Å². The summed E-state index contributed by atoms with van der Waals surface area (Å²) in [5.74, 6) is 1.90. The summed E-state index contributed by atoms with van der Waals surface area (Å²) in [6.45, 7) is 10.2. The molecule has 0 aliphatic rings. The summed E-state index contributed by atoms with van der Waals surface area (Å²) in [6, 6.07) is 4.05. The van der Waals surface area contributed by atoms with Gasteiger partial charge >= 0.3 is 0 Å². The highest BCUT2D eigenvalue weighted by molar-refractivity contribution is 5.76. The van der Waals surface area contributed by atoms with Gasteiger partial charge in [0.2, 0.25) is 5.91 Å². The fourth-order valence-electron chi connectivity index (χ4n) is 1.81. The third kappa shape index (κ3) is 4.53. The highest BCUT2D eigenvalue weighted by Crippen LogP contribution is 2.12. The zero-order valence-electron chi connectivity index (χ0n) is 11.8. The van der Waals surface area contributed by atoms with Crippen LogP contribution in [0.2, 0.25) is 0 Å². The molecule has 0 aliphatic heterocycles. The van der Waals surface area contributed by atoms with Crippen molar-refractivity contribution < 1.29 is 9.21 Å². The summed E-state index contributed by atoms with van der Waals surface area (Å²) < 4.78 is 5.53. The topological polar surface area (TPSA) is 45.5 Å². The Kier molecular flexibility index (Phi) is 5.92. The van der Waals surface area contributed by atoms with Crippen LogP contribution < -0.4 is 5.32 Å². The van der Waals surface area contributed by atoms with Gasteiger partial charge in [-0.2, -0.15) is 0 Å². The van der Waals surface area contributed by atoms with Gasteiger partial charge in [0.1, 0.15) is 11.5 Å². The van der Waals surface area contributed by atoms with Gasteiger partial charge in [-0.3, -0.25) is 4.79 Å². The van der Waals surface area contributed by atoms with Gasteiger partial charge in [-0.1, -0.05) is 6.92 Å². The zero-order chi connectivity index (χ0) is 13.5. The third-order valence-corrected chi connectivity index (χ3v) is 2.83. The average Bonchev–Trinajstić information content (AvgIpc) is 2.71. The molecule has 0 aromatic carbocycles. The zero-order valence-corrected chi connectivity index (χ0v) is 11.8. The summed E-state index contributed by atoms with van der Waals surface area (Å²) in [4.78, 5) is 14.0. The van der Waals surface area contributed by atoms with Crippen molar-refractivity contribution in [3.63, 3.8) is 0 Å². The predicted octanol–water partition coefficient (Wildman–Crippen LogP) is 2.32. The minimum atomic E-state index is 0.167. The molecule has 0 saturated carbocycles. The van der Waals surface area contributed by atoms with Crippen LogP contribution in [0.1, 0.15) is 38.7 Å². The fourth-order valence-corrected chi connectivity index (χ4v) is 1.81. The van der Waals surface area contributed by atoms with E-state index in [1.54, 1.807) is 0 Å². The maximum atomic E-state index is 12.1. The van der Waals surface area contributed by atoms with Crippen LogP contribution in [0.5, 0.6) is 0 Å². The number of hydrogen-bond acceptors (Lipinski definition) is 3. The summed E-state index contributed by atoms with van der Waals surface area (Å²) in [7, 11) is 0. The van der Waals surface area contributed by atoms with Gasteiger partial charge in [0, 0.05) is 19.0 Å². The van der Waals surface area contributed by atoms with Crippen molar-refractivity contribution in [3.8, 4) is 0 Å². The van der Waals surface area contributed by atoms with E-state index in [0.29, 0.717) is 13.0 Å². The molecule has 1 aromatic rings. The molecule has 1 aromatic heterocycles. The number of nitrogens with one attached hydrogen (secondary N) is 1. The molecule has 0 saturated heterocycles. The Balaban J connectivity index is 2.56. The van der Waals surface area contributed by atoms with Crippen molar-refractivity contribution >= 4 is 5.91 Å². The van der Waals surface area contributed by atoms with E-state index >= 15 is 0 Å². The number of furan rings is 1. The average molecular weight is 252 g/mol. The van der Waals surface area contributed by atoms with Crippen LogP contribution in [-0.2, 0) is 11.3 Å². The van der Waals surface area contributed by atoms with Gasteiger partial charge in [0.25, 0.3) is 0 Å². The van der Waals surface area contributed by atoms with Crippen LogP contribution in [0.4, 0.5) is 0 Å². The van der Waals surface area contributed by atoms with Crippen molar-refractivity contribution in [2.24, 2.45) is 0 Å². The Morgan fingerprint density at radius 3 is 2.67 bits per heavy atom. The highest BCUT2D eigenvalue weighted by atomic mass is 16.3. The van der Waals surface area contributed by atoms with E-state index in [2.05, 4.69) is 5.32 Å². The Morgan fingerprint density at radius 1 is 1.44 bits per heavy atom. The first-order valence-corrected chi connectivity index (χ1v) is 6.60. The second-order valence-electron chi connectivity index (χ2n) is 4.73. The summed E-state index contributed by atoms with van der Waals surface area (Å²) in [5.41, 5.74) is 0. The first-order chi connectivity index (χ1) is 8.54. The monoisotopic (exact) mass is 252 g/mol. The van der Waals surface area contributed by atoms with Crippen LogP contribution in [0.3, 0.4) is 0 Å². The smallest absolute Gasteiger partial charge is 0.224 e. The maximum Gasteiger partial charge on any atom is 0.224 e. The molecule has 1 heterocycles. The second-order valence-corrected chi connectivity index (χ2v) is 4.73. The van der Waals surface area contributed by atoms with Crippen molar-refractivity contribution in [3.05, 3.63) is 23.7 Å². The van der Waals surface area contributed by atoms with Crippen LogP contribution in [0.15, 0.2) is 16.5 Å². The molecule has 0 unspecified atom stereocenters. The number of carbonyl (C=O) groups excluding carboxylic acids is 1. The standard InChI is InChI=1S/C14H24N2O2/c1-5-15-9-8-14(17)16(11(2)3)10-13-7-6-12(4)18-13/h6-7,11,15H,5,8-10H2,1-4H3. The quantitative estimate of drug-likeness (QED) is 0.758. The Morgan fingerprint density at radius 2 is 2.17 bits per heavy atom. The van der Waals surface area contributed by atoms with E-state index in [-0.39, 0.29) is 11.9 Å². The Bertz CT molecular complexity index is 372. The van der Waals surface area contributed by atoms with Crippen molar-refractivity contribution in [1.29, 1.82) is 0 Å². The van der Waals surface area contributed by atoms with E-state index in [1.807, 2.05) is 44.7 Å². The largest absolute Gasteiger partial charge is 0.464 e. The normalized spacial score (nSPS) is 10.9. The first kappa shape index (κ1) is 14.8. The SMILES string of the molecule is CCNCCC(=O)N(Cc1ccc(C)o1)C(C)C. The van der Waals surface area contributed by atoms with E-state index in [1.165, 1.54) is 0 Å². The van der Waals surface area contributed by atoms with Crippen LogP contribution in [-0.4, -0.2) is 29.9 Å². The predicted molar refractivity (Wildman–Crippen MR) is 72.3 cm³/mol. The number of amides is 1. The van der Waals surface area contributed by atoms with E-state index in [0.717, 1.165) is 24.6 Å². The molecule has 0 fully saturated rings. The lowest BCUT2D eigenvalue weighted by atomic mass is 10.2. The van der Waals surface area contributed by atoms with Gasteiger partial charge in [-0.15, -0.1) is 0 Å². The lowest BCUT2D eigenvalue weighted by Gasteiger charge is -2.26. The van der Waals surface area contributed by atoms with Gasteiger partial charge in [0.15, 0.2) is 0 Å². The molecule has 4 heteroatoms.